The molecule has 2 N–H and O–H groups in total. The molecule has 1 aliphatic carbocycles. The monoisotopic (exact) mass is 352 g/mol. The maximum atomic E-state index is 12.7. The Balaban J connectivity index is 1.84. The summed E-state index contributed by atoms with van der Waals surface area (Å²) < 4.78 is 5.15. The molecular weight excluding hydrogens is 328 g/mol. The number of nitrogens with zero attached hydrogens (tertiary/aromatic N) is 1. The Kier molecular flexibility index (Phi) is 3.22. The first-order valence-electron chi connectivity index (χ1n) is 9.33. The first-order valence-corrected chi connectivity index (χ1v) is 9.33. The second-order valence-corrected chi connectivity index (χ2v) is 8.00. The van der Waals surface area contributed by atoms with Crippen molar-refractivity contribution < 1.29 is 14.6 Å². The number of benzene rings is 1. The lowest BCUT2D eigenvalue weighted by molar-refractivity contribution is -0.137. The predicted molar refractivity (Wildman–Crippen MR) is 98.6 cm³/mol. The van der Waals surface area contributed by atoms with Crippen LogP contribution in [0.25, 0.3) is 0 Å². The standard InChI is InChI=1S/C21H24N2O3/c1-13(24)20-8-5-10-23-11-9-21(19(20)23)15-6-3-4-7-16(15)22-17(21)14(12-20)18(25)26-2/h3-8,13,19,22,24H,9-12H2,1-2H3/t13-,19?,20-,21-/m0/s1. The van der Waals surface area contributed by atoms with E-state index in [9.17, 15) is 9.90 Å². The van der Waals surface area contributed by atoms with Crippen LogP contribution in [0.3, 0.4) is 0 Å². The zero-order chi connectivity index (χ0) is 18.1. The van der Waals surface area contributed by atoms with Gasteiger partial charge >= 0.3 is 5.97 Å². The Morgan fingerprint density at radius 3 is 3.00 bits per heavy atom. The van der Waals surface area contributed by atoms with Crippen LogP contribution in [0.4, 0.5) is 5.69 Å². The number of esters is 1. The summed E-state index contributed by atoms with van der Waals surface area (Å²) in [5.41, 5.74) is 3.20. The first-order chi connectivity index (χ1) is 12.5. The van der Waals surface area contributed by atoms with Crippen LogP contribution in [0.1, 0.15) is 25.3 Å². The van der Waals surface area contributed by atoms with Gasteiger partial charge in [-0.05, 0) is 31.4 Å². The largest absolute Gasteiger partial charge is 0.466 e. The first kappa shape index (κ1) is 16.1. The van der Waals surface area contributed by atoms with Gasteiger partial charge < -0.3 is 15.2 Å². The molecule has 136 valence electrons. The molecule has 4 aliphatic rings. The molecule has 5 nitrogen and oxygen atoms in total. The summed E-state index contributed by atoms with van der Waals surface area (Å²) in [5, 5.41) is 14.4. The van der Waals surface area contributed by atoms with Crippen molar-refractivity contribution >= 4 is 11.7 Å². The van der Waals surface area contributed by atoms with E-state index in [1.807, 2.05) is 13.0 Å². The zero-order valence-corrected chi connectivity index (χ0v) is 15.2. The fraction of sp³-hybridized carbons (Fsp3) is 0.476. The van der Waals surface area contributed by atoms with Gasteiger partial charge in [0.05, 0.1) is 24.2 Å². The van der Waals surface area contributed by atoms with Crippen LogP contribution in [-0.4, -0.2) is 48.3 Å². The number of rotatable bonds is 2. The molecule has 1 saturated heterocycles. The number of hydrogen-bond acceptors (Lipinski definition) is 5. The molecule has 0 radical (unpaired) electrons. The topological polar surface area (TPSA) is 61.8 Å². The average Bonchev–Trinajstić information content (AvgIpc) is 3.21. The molecule has 1 aromatic carbocycles. The number of ether oxygens (including phenoxy) is 1. The van der Waals surface area contributed by atoms with Crippen molar-refractivity contribution in [2.24, 2.45) is 5.41 Å². The Morgan fingerprint density at radius 1 is 1.42 bits per heavy atom. The Labute approximate surface area is 153 Å². The third kappa shape index (κ3) is 1.70. The van der Waals surface area contributed by atoms with Crippen LogP contribution in [0.2, 0.25) is 0 Å². The quantitative estimate of drug-likeness (QED) is 0.631. The summed E-state index contributed by atoms with van der Waals surface area (Å²) >= 11 is 0. The van der Waals surface area contributed by atoms with Gasteiger partial charge in [0.15, 0.2) is 0 Å². The molecule has 0 amide bonds. The number of anilines is 1. The van der Waals surface area contributed by atoms with Crippen molar-refractivity contribution in [1.29, 1.82) is 0 Å². The highest BCUT2D eigenvalue weighted by atomic mass is 16.5. The molecule has 1 aromatic rings. The van der Waals surface area contributed by atoms with E-state index >= 15 is 0 Å². The number of para-hydroxylation sites is 1. The molecule has 26 heavy (non-hydrogen) atoms. The molecule has 3 aliphatic heterocycles. The third-order valence-electron chi connectivity index (χ3n) is 7.01. The summed E-state index contributed by atoms with van der Waals surface area (Å²) in [5.74, 6) is -0.296. The minimum Gasteiger partial charge on any atom is -0.466 e. The van der Waals surface area contributed by atoms with E-state index in [1.54, 1.807) is 0 Å². The van der Waals surface area contributed by atoms with Gasteiger partial charge in [0.2, 0.25) is 0 Å². The fourth-order valence-electron chi connectivity index (χ4n) is 6.00. The summed E-state index contributed by atoms with van der Waals surface area (Å²) in [6.07, 6.45) is 5.18. The molecule has 1 unspecified atom stereocenters. The summed E-state index contributed by atoms with van der Waals surface area (Å²) in [6, 6.07) is 8.48. The number of methoxy groups -OCH3 is 1. The van der Waals surface area contributed by atoms with Crippen molar-refractivity contribution in [2.75, 3.05) is 25.5 Å². The summed E-state index contributed by atoms with van der Waals surface area (Å²) in [7, 11) is 1.43. The van der Waals surface area contributed by atoms with Gasteiger partial charge in [-0.2, -0.15) is 0 Å². The maximum absolute atomic E-state index is 12.7. The van der Waals surface area contributed by atoms with E-state index in [-0.39, 0.29) is 17.4 Å². The fourth-order valence-corrected chi connectivity index (χ4v) is 6.00. The predicted octanol–water partition coefficient (Wildman–Crippen LogP) is 2.19. The van der Waals surface area contributed by atoms with Crippen molar-refractivity contribution in [3.8, 4) is 0 Å². The van der Waals surface area contributed by atoms with E-state index in [4.69, 9.17) is 4.74 Å². The molecule has 5 heteroatoms. The van der Waals surface area contributed by atoms with E-state index in [0.29, 0.717) is 12.0 Å². The van der Waals surface area contributed by atoms with Gasteiger partial charge in [-0.15, -0.1) is 0 Å². The minimum absolute atomic E-state index is 0.138. The Morgan fingerprint density at radius 2 is 2.23 bits per heavy atom. The number of hydrogen-bond donors (Lipinski definition) is 2. The molecule has 1 spiro atoms. The molecule has 1 fully saturated rings. The highest BCUT2D eigenvalue weighted by Crippen LogP contribution is 2.64. The number of aliphatic hydroxyl groups excluding tert-OH is 1. The van der Waals surface area contributed by atoms with Gasteiger partial charge in [0, 0.05) is 35.9 Å². The van der Waals surface area contributed by atoms with E-state index < -0.39 is 11.5 Å². The smallest absolute Gasteiger partial charge is 0.335 e. The van der Waals surface area contributed by atoms with Gasteiger partial charge in [0.1, 0.15) is 0 Å². The highest BCUT2D eigenvalue weighted by Gasteiger charge is 2.67. The third-order valence-corrected chi connectivity index (χ3v) is 7.01. The van der Waals surface area contributed by atoms with Crippen molar-refractivity contribution in [3.63, 3.8) is 0 Å². The summed E-state index contributed by atoms with van der Waals surface area (Å²) in [4.78, 5) is 15.2. The molecule has 5 rings (SSSR count). The van der Waals surface area contributed by atoms with Gasteiger partial charge in [-0.3, -0.25) is 4.90 Å². The van der Waals surface area contributed by atoms with Crippen LogP contribution in [0, 0.1) is 5.41 Å². The number of nitrogens with one attached hydrogen (secondary N) is 1. The van der Waals surface area contributed by atoms with Gasteiger partial charge in [-0.1, -0.05) is 30.4 Å². The molecule has 0 bridgehead atoms. The Hall–Kier alpha value is -2.11. The normalized spacial score (nSPS) is 35.4. The van der Waals surface area contributed by atoms with Crippen molar-refractivity contribution in [3.05, 3.63) is 53.3 Å². The number of aliphatic hydroxyl groups is 1. The van der Waals surface area contributed by atoms with Crippen LogP contribution in [0.15, 0.2) is 47.7 Å². The SMILES string of the molecule is COC(=O)C1=C2Nc3ccccc3[C@@]23CCN2CC=C[C@@]([C@H](C)O)(C1)C23. The second kappa shape index (κ2) is 5.21. The van der Waals surface area contributed by atoms with Crippen LogP contribution in [-0.2, 0) is 14.9 Å². The summed E-state index contributed by atoms with van der Waals surface area (Å²) in [6.45, 7) is 3.70. The van der Waals surface area contributed by atoms with Crippen molar-refractivity contribution in [1.82, 2.24) is 4.90 Å². The van der Waals surface area contributed by atoms with Gasteiger partial charge in [0.25, 0.3) is 0 Å². The Bertz CT molecular complexity index is 859. The second-order valence-electron chi connectivity index (χ2n) is 8.00. The van der Waals surface area contributed by atoms with Crippen LogP contribution >= 0.6 is 0 Å². The number of carbonyl (C=O) groups excluding carboxylic acids is 1. The maximum Gasteiger partial charge on any atom is 0.335 e. The lowest BCUT2D eigenvalue weighted by atomic mass is 9.54. The molecule has 0 saturated carbocycles. The lowest BCUT2D eigenvalue weighted by Crippen LogP contribution is -2.62. The van der Waals surface area contributed by atoms with Crippen LogP contribution < -0.4 is 5.32 Å². The van der Waals surface area contributed by atoms with E-state index in [2.05, 4.69) is 40.6 Å². The van der Waals surface area contributed by atoms with E-state index in [1.165, 1.54) is 12.7 Å². The average molecular weight is 352 g/mol. The highest BCUT2D eigenvalue weighted by molar-refractivity contribution is 5.93. The minimum atomic E-state index is -0.560. The zero-order valence-electron chi connectivity index (χ0n) is 15.2. The van der Waals surface area contributed by atoms with Crippen LogP contribution in [0.5, 0.6) is 0 Å². The molecule has 0 aromatic heterocycles. The molecule has 3 heterocycles. The van der Waals surface area contributed by atoms with Gasteiger partial charge in [-0.25, -0.2) is 4.79 Å². The number of fused-ring (bicyclic) bond motifs is 1. The lowest BCUT2D eigenvalue weighted by Gasteiger charge is -2.55. The molecule has 4 atom stereocenters. The van der Waals surface area contributed by atoms with Crippen molar-refractivity contribution in [2.45, 2.75) is 37.3 Å². The number of carbonyl (C=O) groups is 1. The van der Waals surface area contributed by atoms with E-state index in [0.717, 1.165) is 30.9 Å². The molecular formula is C21H24N2O3.